The van der Waals surface area contributed by atoms with Crippen LogP contribution in [-0.2, 0) is 14.3 Å². The number of aliphatic hydroxyl groups excluding tert-OH is 2. The SMILES string of the molecule is CCCCCC/C=C\C/C=C\CCCCCCCC(=O)OCCCCCCCCCCCCCCCCCCCCCCC(=O)NC(CO)C(O)/C=C/CCCCCCCCCCCCCCCCCCCCC. The summed E-state index contributed by atoms with van der Waals surface area (Å²) in [5.41, 5.74) is 0. The zero-order valence-corrected chi connectivity index (χ0v) is 49.8. The highest BCUT2D eigenvalue weighted by Crippen LogP contribution is 2.18. The molecule has 0 bridgehead atoms. The Morgan fingerprint density at radius 1 is 0.378 bits per heavy atom. The van der Waals surface area contributed by atoms with Gasteiger partial charge in [0.05, 0.1) is 25.4 Å². The molecule has 2 unspecified atom stereocenters. The minimum absolute atomic E-state index is 0.00309. The number of allylic oxidation sites excluding steroid dienone is 5. The molecule has 0 heterocycles. The maximum Gasteiger partial charge on any atom is 0.305 e. The minimum Gasteiger partial charge on any atom is -0.466 e. The molecule has 0 saturated heterocycles. The second kappa shape index (κ2) is 63.6. The van der Waals surface area contributed by atoms with Crippen molar-refractivity contribution in [2.75, 3.05) is 13.2 Å². The average molecular weight is 1040 g/mol. The first kappa shape index (κ1) is 72.1. The van der Waals surface area contributed by atoms with E-state index in [2.05, 4.69) is 43.5 Å². The Labute approximate surface area is 462 Å². The maximum atomic E-state index is 12.5. The molecule has 0 aliphatic heterocycles. The number of esters is 1. The molecule has 1 amide bonds. The molecule has 0 rings (SSSR count). The quantitative estimate of drug-likeness (QED) is 0.0320. The van der Waals surface area contributed by atoms with E-state index >= 15 is 0 Å². The van der Waals surface area contributed by atoms with Crippen LogP contribution in [0.2, 0.25) is 0 Å². The van der Waals surface area contributed by atoms with Gasteiger partial charge in [-0.05, 0) is 64.2 Å². The molecule has 0 aromatic carbocycles. The molecule has 0 saturated carbocycles. The second-order valence-electron chi connectivity index (χ2n) is 22.8. The first-order valence-corrected chi connectivity index (χ1v) is 33.3. The number of unbranched alkanes of at least 4 members (excludes halogenated alkanes) is 47. The third-order valence-electron chi connectivity index (χ3n) is 15.4. The molecule has 6 heteroatoms. The van der Waals surface area contributed by atoms with Crippen molar-refractivity contribution in [2.45, 2.75) is 373 Å². The molecule has 0 radical (unpaired) electrons. The molecule has 0 aliphatic carbocycles. The van der Waals surface area contributed by atoms with Crippen molar-refractivity contribution in [3.8, 4) is 0 Å². The summed E-state index contributed by atoms with van der Waals surface area (Å²) in [6.45, 7) is 4.90. The second-order valence-corrected chi connectivity index (χ2v) is 22.8. The summed E-state index contributed by atoms with van der Waals surface area (Å²) in [5, 5.41) is 23.2. The molecule has 74 heavy (non-hydrogen) atoms. The number of hydrogen-bond acceptors (Lipinski definition) is 5. The van der Waals surface area contributed by atoms with E-state index in [0.717, 1.165) is 51.4 Å². The van der Waals surface area contributed by atoms with Crippen LogP contribution in [0.25, 0.3) is 0 Å². The molecule has 0 fully saturated rings. The van der Waals surface area contributed by atoms with Crippen LogP contribution in [0.3, 0.4) is 0 Å². The van der Waals surface area contributed by atoms with E-state index in [1.807, 2.05) is 6.08 Å². The highest BCUT2D eigenvalue weighted by molar-refractivity contribution is 5.76. The Balaban J connectivity index is 3.43. The van der Waals surface area contributed by atoms with Gasteiger partial charge in [0, 0.05) is 12.8 Å². The fourth-order valence-electron chi connectivity index (χ4n) is 10.3. The van der Waals surface area contributed by atoms with Crippen LogP contribution >= 0.6 is 0 Å². The van der Waals surface area contributed by atoms with Crippen molar-refractivity contribution in [2.24, 2.45) is 0 Å². The van der Waals surface area contributed by atoms with E-state index in [1.54, 1.807) is 6.08 Å². The fourth-order valence-corrected chi connectivity index (χ4v) is 10.3. The average Bonchev–Trinajstić information content (AvgIpc) is 3.40. The summed E-state index contributed by atoms with van der Waals surface area (Å²) in [6.07, 6.45) is 80.5. The van der Waals surface area contributed by atoms with E-state index in [0.29, 0.717) is 19.4 Å². The van der Waals surface area contributed by atoms with Crippen LogP contribution in [0.5, 0.6) is 0 Å². The highest BCUT2D eigenvalue weighted by Gasteiger charge is 2.18. The van der Waals surface area contributed by atoms with Gasteiger partial charge in [0.25, 0.3) is 0 Å². The van der Waals surface area contributed by atoms with Gasteiger partial charge in [-0.3, -0.25) is 9.59 Å². The van der Waals surface area contributed by atoms with Gasteiger partial charge < -0.3 is 20.3 Å². The monoisotopic (exact) mass is 1040 g/mol. The van der Waals surface area contributed by atoms with Gasteiger partial charge in [-0.15, -0.1) is 0 Å². The fraction of sp³-hybridized carbons (Fsp3) is 0.882. The van der Waals surface area contributed by atoms with Crippen LogP contribution in [-0.4, -0.2) is 47.4 Å². The van der Waals surface area contributed by atoms with Crippen molar-refractivity contribution in [3.05, 3.63) is 36.5 Å². The number of nitrogens with one attached hydrogen (secondary N) is 1. The third kappa shape index (κ3) is 59.3. The molecule has 2 atom stereocenters. The zero-order valence-electron chi connectivity index (χ0n) is 49.8. The Bertz CT molecular complexity index is 1200. The Morgan fingerprint density at radius 3 is 1.04 bits per heavy atom. The van der Waals surface area contributed by atoms with Gasteiger partial charge in [-0.2, -0.15) is 0 Å². The molecule has 0 aromatic heterocycles. The normalized spacial score (nSPS) is 12.8. The lowest BCUT2D eigenvalue weighted by molar-refractivity contribution is -0.143. The van der Waals surface area contributed by atoms with Crippen molar-refractivity contribution >= 4 is 11.9 Å². The number of rotatable bonds is 62. The topological polar surface area (TPSA) is 95.9 Å². The lowest BCUT2D eigenvalue weighted by atomic mass is 10.0. The molecule has 6 nitrogen and oxygen atoms in total. The van der Waals surface area contributed by atoms with Gasteiger partial charge >= 0.3 is 5.97 Å². The maximum absolute atomic E-state index is 12.5. The first-order valence-electron chi connectivity index (χ1n) is 33.3. The summed E-state index contributed by atoms with van der Waals surface area (Å²) in [7, 11) is 0. The summed E-state index contributed by atoms with van der Waals surface area (Å²) in [4.78, 5) is 24.6. The Hall–Kier alpha value is -1.92. The van der Waals surface area contributed by atoms with Crippen LogP contribution in [0, 0.1) is 0 Å². The van der Waals surface area contributed by atoms with Gasteiger partial charge in [0.2, 0.25) is 5.91 Å². The summed E-state index contributed by atoms with van der Waals surface area (Å²) < 4.78 is 5.48. The number of amides is 1. The van der Waals surface area contributed by atoms with Crippen LogP contribution < -0.4 is 5.32 Å². The first-order chi connectivity index (χ1) is 36.5. The van der Waals surface area contributed by atoms with E-state index in [-0.39, 0.29) is 18.5 Å². The number of aliphatic hydroxyl groups is 2. The van der Waals surface area contributed by atoms with E-state index in [1.165, 1.54) is 283 Å². The molecule has 0 aromatic rings. The summed E-state index contributed by atoms with van der Waals surface area (Å²) in [5.74, 6) is -0.0701. The van der Waals surface area contributed by atoms with Crippen LogP contribution in [0.15, 0.2) is 36.5 Å². The lowest BCUT2D eigenvalue weighted by Crippen LogP contribution is -2.45. The largest absolute Gasteiger partial charge is 0.466 e. The molecule has 436 valence electrons. The molecule has 3 N–H and O–H groups in total. The van der Waals surface area contributed by atoms with Gasteiger partial charge in [0.1, 0.15) is 0 Å². The standard InChI is InChI=1S/C68H129NO5/c1-3-5-7-9-11-13-15-17-19-21-22-23-26-29-32-36-40-44-48-52-56-60-66(71)65(64-70)69-67(72)61-57-53-49-45-41-37-33-30-27-24-25-28-31-35-39-43-47-51-55-59-63-74-68(73)62-58-54-50-46-42-38-34-20-18-16-14-12-10-8-6-4-2/h14,16,20,34,56,60,65-66,70-71H,3-13,15,17-19,21-33,35-55,57-59,61-64H2,1-2H3,(H,69,72)/b16-14-,34-20-,60-56+. The van der Waals surface area contributed by atoms with Crippen LogP contribution in [0.4, 0.5) is 0 Å². The van der Waals surface area contributed by atoms with Gasteiger partial charge in [-0.25, -0.2) is 0 Å². The van der Waals surface area contributed by atoms with Crippen molar-refractivity contribution < 1.29 is 24.5 Å². The molecule has 0 aliphatic rings. The smallest absolute Gasteiger partial charge is 0.305 e. The van der Waals surface area contributed by atoms with Crippen molar-refractivity contribution in [1.29, 1.82) is 0 Å². The molecular weight excluding hydrogens is 911 g/mol. The van der Waals surface area contributed by atoms with E-state index < -0.39 is 12.1 Å². The number of carbonyl (C=O) groups is 2. The van der Waals surface area contributed by atoms with Crippen molar-refractivity contribution in [3.63, 3.8) is 0 Å². The number of ether oxygens (including phenoxy) is 1. The number of carbonyl (C=O) groups excluding carboxylic acids is 2. The zero-order chi connectivity index (χ0) is 53.6. The highest BCUT2D eigenvalue weighted by atomic mass is 16.5. The minimum atomic E-state index is -0.847. The molecule has 0 spiro atoms. The summed E-state index contributed by atoms with van der Waals surface area (Å²) in [6, 6.07) is -0.631. The lowest BCUT2D eigenvalue weighted by Gasteiger charge is -2.20. The predicted molar refractivity (Wildman–Crippen MR) is 324 cm³/mol. The Kier molecular flexibility index (Phi) is 62.0. The van der Waals surface area contributed by atoms with Crippen LogP contribution in [0.1, 0.15) is 361 Å². The third-order valence-corrected chi connectivity index (χ3v) is 15.4. The summed E-state index contributed by atoms with van der Waals surface area (Å²) >= 11 is 0. The van der Waals surface area contributed by atoms with E-state index in [9.17, 15) is 19.8 Å². The Morgan fingerprint density at radius 2 is 0.676 bits per heavy atom. The van der Waals surface area contributed by atoms with Gasteiger partial charge in [-0.1, -0.05) is 320 Å². The predicted octanol–water partition coefficient (Wildman–Crippen LogP) is 21.1. The molecular formula is C68H129NO5. The number of hydrogen-bond donors (Lipinski definition) is 3. The van der Waals surface area contributed by atoms with Gasteiger partial charge in [0.15, 0.2) is 0 Å². The van der Waals surface area contributed by atoms with E-state index in [4.69, 9.17) is 4.74 Å². The van der Waals surface area contributed by atoms with Crippen molar-refractivity contribution in [1.82, 2.24) is 5.32 Å².